The molecule has 35 heavy (non-hydrogen) atoms. The van der Waals surface area contributed by atoms with E-state index in [1.807, 2.05) is 0 Å². The Kier molecular flexibility index (Phi) is 9.26. The summed E-state index contributed by atoms with van der Waals surface area (Å²) in [6.07, 6.45) is 4.11. The molecule has 0 radical (unpaired) electrons. The fourth-order valence-electron chi connectivity index (χ4n) is 4.97. The Morgan fingerprint density at radius 2 is 1.69 bits per heavy atom. The number of carbonyl (C=O) groups is 5. The Balaban J connectivity index is 1.87. The lowest BCUT2D eigenvalue weighted by molar-refractivity contribution is -0.147. The zero-order valence-electron chi connectivity index (χ0n) is 20.7. The van der Waals surface area contributed by atoms with Crippen LogP contribution in [0.5, 0.6) is 0 Å². The number of carbonyl (C=O) groups excluding carboxylic acids is 5. The first-order valence-corrected chi connectivity index (χ1v) is 14.1. The van der Waals surface area contributed by atoms with Crippen molar-refractivity contribution in [3.05, 3.63) is 0 Å². The van der Waals surface area contributed by atoms with Gasteiger partial charge in [0.1, 0.15) is 24.2 Å². The van der Waals surface area contributed by atoms with Gasteiger partial charge in [-0.25, -0.2) is 0 Å². The molecular formula is C23H37N5O6S. The summed E-state index contributed by atoms with van der Waals surface area (Å²) in [7, 11) is -0.991. The van der Waals surface area contributed by atoms with Crippen LogP contribution in [0.15, 0.2) is 0 Å². The first-order chi connectivity index (χ1) is 16.6. The minimum absolute atomic E-state index is 0.248. The Morgan fingerprint density at radius 3 is 2.34 bits per heavy atom. The van der Waals surface area contributed by atoms with Gasteiger partial charge in [0.15, 0.2) is 0 Å². The van der Waals surface area contributed by atoms with Gasteiger partial charge in [-0.05, 0) is 38.0 Å². The van der Waals surface area contributed by atoms with Crippen LogP contribution in [0.25, 0.3) is 0 Å². The van der Waals surface area contributed by atoms with Crippen molar-refractivity contribution < 1.29 is 28.2 Å². The van der Waals surface area contributed by atoms with Crippen LogP contribution in [0.3, 0.4) is 0 Å². The van der Waals surface area contributed by atoms with Gasteiger partial charge in [0.05, 0.1) is 6.42 Å². The standard InChI is InChI=1S/C23H37N5O6S/c1-14(2)19-22(32)25-15(20(30)24-9-6-12-35(3)34)13-18(29)27-10-5-8-17(27)23(33)28-11-4-7-16(28)21(31)26-19/h14-17,19H,4-13H2,1-3H3,(H,24,30)(H,25,32)(H,26,31)/t15-,16-,17+,19-,35?/m0/s1. The molecule has 0 saturated carbocycles. The van der Waals surface area contributed by atoms with Crippen LogP contribution in [-0.4, -0.2) is 99.4 Å². The third-order valence-corrected chi connectivity index (χ3v) is 7.73. The minimum atomic E-state index is -1.16. The summed E-state index contributed by atoms with van der Waals surface area (Å²) < 4.78 is 11.3. The van der Waals surface area contributed by atoms with Crippen molar-refractivity contribution in [1.82, 2.24) is 25.8 Å². The summed E-state index contributed by atoms with van der Waals surface area (Å²) in [6, 6.07) is -3.43. The number of hydrogen-bond donors (Lipinski definition) is 3. The molecule has 3 aliphatic heterocycles. The van der Waals surface area contributed by atoms with E-state index in [9.17, 15) is 28.2 Å². The average Bonchev–Trinajstić information content (AvgIpc) is 3.48. The average molecular weight is 512 g/mol. The quantitative estimate of drug-likeness (QED) is 0.386. The first kappa shape index (κ1) is 27.1. The molecule has 3 heterocycles. The third-order valence-electron chi connectivity index (χ3n) is 6.86. The van der Waals surface area contributed by atoms with Crippen molar-refractivity contribution >= 4 is 40.3 Å². The van der Waals surface area contributed by atoms with E-state index in [1.165, 1.54) is 4.90 Å². The molecule has 3 rings (SSSR count). The van der Waals surface area contributed by atoms with Crippen molar-refractivity contribution in [2.45, 2.75) is 76.5 Å². The second-order valence-corrected chi connectivity index (χ2v) is 11.4. The minimum Gasteiger partial charge on any atom is -0.354 e. The molecule has 3 fully saturated rings. The number of fused-ring (bicyclic) bond motifs is 2. The van der Waals surface area contributed by atoms with Crippen molar-refractivity contribution in [2.75, 3.05) is 31.6 Å². The molecule has 3 N–H and O–H groups in total. The largest absolute Gasteiger partial charge is 0.354 e. The van der Waals surface area contributed by atoms with E-state index in [2.05, 4.69) is 16.0 Å². The van der Waals surface area contributed by atoms with Crippen LogP contribution < -0.4 is 16.0 Å². The molecule has 5 atom stereocenters. The molecule has 0 bridgehead atoms. The summed E-state index contributed by atoms with van der Waals surface area (Å²) in [6.45, 7) is 4.63. The van der Waals surface area contributed by atoms with Crippen LogP contribution in [0, 0.1) is 5.92 Å². The molecule has 3 saturated heterocycles. The number of nitrogens with one attached hydrogen (secondary N) is 3. The van der Waals surface area contributed by atoms with Gasteiger partial charge in [0.25, 0.3) is 0 Å². The molecule has 3 aliphatic rings. The Bertz CT molecular complexity index is 870. The predicted molar refractivity (Wildman–Crippen MR) is 129 cm³/mol. The molecule has 5 amide bonds. The van der Waals surface area contributed by atoms with Gasteiger partial charge >= 0.3 is 0 Å². The second-order valence-electron chi connectivity index (χ2n) is 9.85. The molecule has 12 heteroatoms. The van der Waals surface area contributed by atoms with E-state index >= 15 is 0 Å². The topological polar surface area (TPSA) is 145 Å². The van der Waals surface area contributed by atoms with E-state index in [4.69, 9.17) is 0 Å². The molecule has 11 nitrogen and oxygen atoms in total. The number of hydrogen-bond acceptors (Lipinski definition) is 6. The molecule has 0 aliphatic carbocycles. The van der Waals surface area contributed by atoms with E-state index < -0.39 is 52.7 Å². The predicted octanol–water partition coefficient (Wildman–Crippen LogP) is -1.12. The van der Waals surface area contributed by atoms with E-state index in [1.54, 1.807) is 25.0 Å². The molecule has 0 spiro atoms. The van der Waals surface area contributed by atoms with Gasteiger partial charge in [-0.2, -0.15) is 0 Å². The third kappa shape index (κ3) is 6.59. The van der Waals surface area contributed by atoms with Gasteiger partial charge < -0.3 is 25.8 Å². The molecule has 1 unspecified atom stereocenters. The maximum absolute atomic E-state index is 13.4. The van der Waals surface area contributed by atoms with E-state index in [-0.39, 0.29) is 30.7 Å². The summed E-state index contributed by atoms with van der Waals surface area (Å²) in [4.78, 5) is 68.9. The van der Waals surface area contributed by atoms with Crippen LogP contribution in [0.2, 0.25) is 0 Å². The number of amides is 5. The van der Waals surface area contributed by atoms with Crippen LogP contribution in [-0.2, 0) is 34.8 Å². The summed E-state index contributed by atoms with van der Waals surface area (Å²) in [5, 5.41) is 8.15. The maximum atomic E-state index is 13.4. The van der Waals surface area contributed by atoms with E-state index in [0.29, 0.717) is 50.9 Å². The van der Waals surface area contributed by atoms with E-state index in [0.717, 1.165) is 0 Å². The van der Waals surface area contributed by atoms with Crippen molar-refractivity contribution in [2.24, 2.45) is 5.92 Å². The van der Waals surface area contributed by atoms with Crippen molar-refractivity contribution in [3.8, 4) is 0 Å². The maximum Gasteiger partial charge on any atom is 0.246 e. The summed E-state index contributed by atoms with van der Waals surface area (Å²) in [5.74, 6) is -1.96. The second kappa shape index (κ2) is 12.0. The van der Waals surface area contributed by atoms with Crippen LogP contribution >= 0.6 is 0 Å². The molecule has 0 aromatic rings. The SMILES string of the molecule is CC(C)[C@@H]1NC(=O)[C@@H]2CCCN2C(=O)[C@H]2CCCN2C(=O)C[C@@H](C(=O)NCCCS(C)=O)NC1=O. The van der Waals surface area contributed by atoms with Gasteiger partial charge in [-0.1, -0.05) is 13.8 Å². The zero-order valence-corrected chi connectivity index (χ0v) is 21.5. The lowest BCUT2D eigenvalue weighted by atomic mass is 10.0. The molecular weight excluding hydrogens is 474 g/mol. The molecule has 196 valence electrons. The molecule has 0 aromatic heterocycles. The van der Waals surface area contributed by atoms with Crippen molar-refractivity contribution in [1.29, 1.82) is 0 Å². The summed E-state index contributed by atoms with van der Waals surface area (Å²) >= 11 is 0. The smallest absolute Gasteiger partial charge is 0.246 e. The Morgan fingerprint density at radius 1 is 1.03 bits per heavy atom. The van der Waals surface area contributed by atoms with Crippen LogP contribution in [0.4, 0.5) is 0 Å². The molecule has 0 aromatic carbocycles. The summed E-state index contributed by atoms with van der Waals surface area (Å²) in [5.41, 5.74) is 0. The fourth-order valence-corrected chi connectivity index (χ4v) is 5.52. The highest BCUT2D eigenvalue weighted by molar-refractivity contribution is 7.84. The monoisotopic (exact) mass is 511 g/mol. The highest BCUT2D eigenvalue weighted by Gasteiger charge is 2.44. The number of nitrogens with zero attached hydrogens (tertiary/aromatic N) is 2. The fraction of sp³-hybridized carbons (Fsp3) is 0.783. The van der Waals surface area contributed by atoms with Gasteiger partial charge in [0.2, 0.25) is 29.5 Å². The van der Waals surface area contributed by atoms with Crippen molar-refractivity contribution in [3.63, 3.8) is 0 Å². The first-order valence-electron chi connectivity index (χ1n) is 12.4. The zero-order chi connectivity index (χ0) is 25.7. The Hall–Kier alpha value is -2.50. The Labute approximate surface area is 208 Å². The highest BCUT2D eigenvalue weighted by atomic mass is 32.2. The highest BCUT2D eigenvalue weighted by Crippen LogP contribution is 2.26. The van der Waals surface area contributed by atoms with Gasteiger partial charge in [0, 0.05) is 42.4 Å². The normalized spacial score (nSPS) is 28.9. The van der Waals surface area contributed by atoms with Gasteiger partial charge in [-0.3, -0.25) is 28.2 Å². The number of rotatable bonds is 6. The lowest BCUT2D eigenvalue weighted by Crippen LogP contribution is -2.58. The lowest BCUT2D eigenvalue weighted by Gasteiger charge is -2.31. The van der Waals surface area contributed by atoms with Crippen LogP contribution in [0.1, 0.15) is 52.4 Å². The van der Waals surface area contributed by atoms with Gasteiger partial charge in [-0.15, -0.1) is 0 Å².